The molecule has 2 aromatic rings. The summed E-state index contributed by atoms with van der Waals surface area (Å²) in [6.07, 6.45) is 0. The lowest BCUT2D eigenvalue weighted by molar-refractivity contribution is 0.0946. The average Bonchev–Trinajstić information content (AvgIpc) is 2.64. The smallest absolute Gasteiger partial charge is 0.265 e. The van der Waals surface area contributed by atoms with Crippen molar-refractivity contribution in [3.63, 3.8) is 0 Å². The molecule has 84 valence electrons. The van der Waals surface area contributed by atoms with Gasteiger partial charge in [0, 0.05) is 16.6 Å². The third kappa shape index (κ3) is 1.87. The number of carbonyl (C=O) groups excluding carboxylic acids is 1. The van der Waals surface area contributed by atoms with Crippen molar-refractivity contribution >= 4 is 27.3 Å². The number of carbonyl (C=O) groups is 1. The van der Waals surface area contributed by atoms with E-state index in [1.165, 1.54) is 11.3 Å². The molecule has 0 atom stereocenters. The van der Waals surface area contributed by atoms with Gasteiger partial charge in [-0.25, -0.2) is 0 Å². The van der Waals surface area contributed by atoms with Gasteiger partial charge < -0.3 is 15.5 Å². The predicted molar refractivity (Wildman–Crippen MR) is 62.9 cm³/mol. The molecule has 0 saturated heterocycles. The largest absolute Gasteiger partial charge is 0.506 e. The lowest BCUT2D eigenvalue weighted by Gasteiger charge is -2.00. The van der Waals surface area contributed by atoms with E-state index in [4.69, 9.17) is 5.11 Å². The molecule has 1 amide bonds. The zero-order valence-electron chi connectivity index (χ0n) is 8.43. The van der Waals surface area contributed by atoms with Gasteiger partial charge in [0.2, 0.25) is 0 Å². The van der Waals surface area contributed by atoms with Crippen LogP contribution in [-0.2, 0) is 0 Å². The highest BCUT2D eigenvalue weighted by atomic mass is 32.1. The molecule has 0 bridgehead atoms. The van der Waals surface area contributed by atoms with Gasteiger partial charge in [0.05, 0.1) is 6.61 Å². The number of hydrogen-bond acceptors (Lipinski definition) is 4. The molecule has 0 saturated carbocycles. The maximum atomic E-state index is 11.6. The van der Waals surface area contributed by atoms with E-state index in [0.717, 1.165) is 4.70 Å². The normalized spacial score (nSPS) is 10.6. The van der Waals surface area contributed by atoms with Gasteiger partial charge in [0.15, 0.2) is 0 Å². The quantitative estimate of drug-likeness (QED) is 0.754. The van der Waals surface area contributed by atoms with Crippen LogP contribution in [-0.4, -0.2) is 29.3 Å². The zero-order valence-corrected chi connectivity index (χ0v) is 9.25. The van der Waals surface area contributed by atoms with Crippen molar-refractivity contribution in [3.8, 4) is 5.75 Å². The molecule has 0 aliphatic heterocycles. The lowest BCUT2D eigenvalue weighted by Crippen LogP contribution is -2.25. The Hall–Kier alpha value is -1.59. The summed E-state index contributed by atoms with van der Waals surface area (Å²) < 4.78 is 0.870. The maximum Gasteiger partial charge on any atom is 0.265 e. The first kappa shape index (κ1) is 10.9. The van der Waals surface area contributed by atoms with E-state index < -0.39 is 0 Å². The van der Waals surface area contributed by atoms with E-state index in [2.05, 4.69) is 5.32 Å². The highest BCUT2D eigenvalue weighted by Gasteiger charge is 2.16. The molecule has 0 unspecified atom stereocenters. The highest BCUT2D eigenvalue weighted by molar-refractivity contribution is 7.21. The standard InChI is InChI=1S/C11H11NO3S/c13-6-5-12-11(15)10-9(14)7-3-1-2-4-8(7)16-10/h1-4,13-14H,5-6H2,(H,12,15). The third-order valence-corrected chi connectivity index (χ3v) is 3.33. The minimum absolute atomic E-state index is 0.0102. The fourth-order valence-corrected chi connectivity index (χ4v) is 2.45. The second-order valence-electron chi connectivity index (χ2n) is 3.26. The number of aliphatic hydroxyl groups is 1. The van der Waals surface area contributed by atoms with Crippen LogP contribution in [0.2, 0.25) is 0 Å². The SMILES string of the molecule is O=C(NCCO)c1sc2ccccc2c1O. The summed E-state index contributed by atoms with van der Waals surface area (Å²) in [6.45, 7) is 0.0733. The van der Waals surface area contributed by atoms with Crippen LogP contribution in [0.1, 0.15) is 9.67 Å². The summed E-state index contributed by atoms with van der Waals surface area (Å²) in [5.74, 6) is -0.344. The number of fused-ring (bicyclic) bond motifs is 1. The van der Waals surface area contributed by atoms with Crippen molar-refractivity contribution in [2.45, 2.75) is 0 Å². The van der Waals surface area contributed by atoms with Gasteiger partial charge in [-0.05, 0) is 12.1 Å². The molecule has 0 aliphatic rings. The zero-order chi connectivity index (χ0) is 11.5. The third-order valence-electron chi connectivity index (χ3n) is 2.17. The molecule has 0 radical (unpaired) electrons. The van der Waals surface area contributed by atoms with Crippen molar-refractivity contribution < 1.29 is 15.0 Å². The Balaban J connectivity index is 2.37. The van der Waals surface area contributed by atoms with Gasteiger partial charge in [-0.1, -0.05) is 12.1 Å². The summed E-state index contributed by atoms with van der Waals surface area (Å²) in [7, 11) is 0. The van der Waals surface area contributed by atoms with Gasteiger partial charge in [-0.3, -0.25) is 4.79 Å². The first-order valence-corrected chi connectivity index (χ1v) is 5.65. The Morgan fingerprint density at radius 3 is 2.81 bits per heavy atom. The van der Waals surface area contributed by atoms with Crippen molar-refractivity contribution in [3.05, 3.63) is 29.1 Å². The molecule has 1 heterocycles. The Labute approximate surface area is 96.1 Å². The summed E-state index contributed by atoms with van der Waals surface area (Å²) in [5.41, 5.74) is 0. The van der Waals surface area contributed by atoms with E-state index in [0.29, 0.717) is 5.39 Å². The molecular formula is C11H11NO3S. The molecule has 0 fully saturated rings. The van der Waals surface area contributed by atoms with Crippen LogP contribution in [0, 0.1) is 0 Å². The van der Waals surface area contributed by atoms with E-state index in [1.807, 2.05) is 18.2 Å². The van der Waals surface area contributed by atoms with Crippen LogP contribution in [0.3, 0.4) is 0 Å². The second-order valence-corrected chi connectivity index (χ2v) is 4.31. The molecule has 3 N–H and O–H groups in total. The average molecular weight is 237 g/mol. The predicted octanol–water partition coefficient (Wildman–Crippen LogP) is 1.33. The Morgan fingerprint density at radius 2 is 2.12 bits per heavy atom. The molecule has 5 heteroatoms. The Kier molecular flexibility index (Phi) is 3.07. The summed E-state index contributed by atoms with van der Waals surface area (Å²) in [5, 5.41) is 21.6. The van der Waals surface area contributed by atoms with E-state index in [9.17, 15) is 9.90 Å². The summed E-state index contributed by atoms with van der Waals surface area (Å²) >= 11 is 1.24. The first-order chi connectivity index (χ1) is 7.74. The highest BCUT2D eigenvalue weighted by Crippen LogP contribution is 2.36. The van der Waals surface area contributed by atoms with Crippen LogP contribution < -0.4 is 5.32 Å². The molecule has 1 aromatic heterocycles. The van der Waals surface area contributed by atoms with E-state index in [1.54, 1.807) is 6.07 Å². The fraction of sp³-hybridized carbons (Fsp3) is 0.182. The molecule has 1 aromatic carbocycles. The first-order valence-electron chi connectivity index (χ1n) is 4.83. The molecule has 2 rings (SSSR count). The number of hydrogen-bond donors (Lipinski definition) is 3. The van der Waals surface area contributed by atoms with Crippen molar-refractivity contribution in [1.82, 2.24) is 5.32 Å². The maximum absolute atomic E-state index is 11.6. The van der Waals surface area contributed by atoms with Crippen molar-refractivity contribution in [1.29, 1.82) is 0 Å². The number of benzene rings is 1. The van der Waals surface area contributed by atoms with Crippen molar-refractivity contribution in [2.24, 2.45) is 0 Å². The monoisotopic (exact) mass is 237 g/mol. The number of aliphatic hydroxyl groups excluding tert-OH is 1. The molecule has 4 nitrogen and oxygen atoms in total. The van der Waals surface area contributed by atoms with Crippen LogP contribution in [0.4, 0.5) is 0 Å². The Bertz CT molecular complexity index is 521. The van der Waals surface area contributed by atoms with E-state index >= 15 is 0 Å². The number of aromatic hydroxyl groups is 1. The fourth-order valence-electron chi connectivity index (χ4n) is 1.44. The van der Waals surface area contributed by atoms with Gasteiger partial charge in [-0.15, -0.1) is 11.3 Å². The number of rotatable bonds is 3. The summed E-state index contributed by atoms with van der Waals surface area (Å²) in [6, 6.07) is 7.28. The van der Waals surface area contributed by atoms with Crippen LogP contribution in [0.5, 0.6) is 5.75 Å². The number of nitrogens with one attached hydrogen (secondary N) is 1. The molecule has 0 aliphatic carbocycles. The van der Waals surface area contributed by atoms with Gasteiger partial charge in [0.1, 0.15) is 10.6 Å². The number of thiophene rings is 1. The topological polar surface area (TPSA) is 69.6 Å². The second kappa shape index (κ2) is 4.51. The van der Waals surface area contributed by atoms with Crippen molar-refractivity contribution in [2.75, 3.05) is 13.2 Å². The van der Waals surface area contributed by atoms with Gasteiger partial charge >= 0.3 is 0 Å². The van der Waals surface area contributed by atoms with Gasteiger partial charge in [-0.2, -0.15) is 0 Å². The minimum Gasteiger partial charge on any atom is -0.506 e. The lowest BCUT2D eigenvalue weighted by atomic mass is 10.2. The molecular weight excluding hydrogens is 226 g/mol. The summed E-state index contributed by atoms with van der Waals surface area (Å²) in [4.78, 5) is 11.9. The molecule has 0 spiro atoms. The Morgan fingerprint density at radius 1 is 1.38 bits per heavy atom. The van der Waals surface area contributed by atoms with Gasteiger partial charge in [0.25, 0.3) is 5.91 Å². The number of amides is 1. The van der Waals surface area contributed by atoms with Crippen LogP contribution in [0.25, 0.3) is 10.1 Å². The van der Waals surface area contributed by atoms with E-state index in [-0.39, 0.29) is 29.7 Å². The van der Waals surface area contributed by atoms with Crippen LogP contribution >= 0.6 is 11.3 Å². The molecule has 16 heavy (non-hydrogen) atoms. The minimum atomic E-state index is -0.354. The van der Waals surface area contributed by atoms with Crippen LogP contribution in [0.15, 0.2) is 24.3 Å².